The van der Waals surface area contributed by atoms with E-state index in [2.05, 4.69) is 9.97 Å². The molecule has 0 amide bonds. The summed E-state index contributed by atoms with van der Waals surface area (Å²) in [5.74, 6) is 0. The van der Waals surface area contributed by atoms with Gasteiger partial charge in [-0.2, -0.15) is 0 Å². The lowest BCUT2D eigenvalue weighted by molar-refractivity contribution is 0.596. The number of halogens is 1. The van der Waals surface area contributed by atoms with Crippen molar-refractivity contribution in [2.75, 3.05) is 12.5 Å². The Morgan fingerprint density at radius 2 is 2.08 bits per heavy atom. The Kier molecular flexibility index (Phi) is 3.15. The minimum absolute atomic E-state index is 0.0446. The van der Waals surface area contributed by atoms with Crippen LogP contribution in [0.2, 0.25) is 5.15 Å². The standard InChI is InChI=1S/C6H7ClN2O2S2/c1-12-6-8-4(7)3-5(9-6)13(2,10)11/h3H,1-2H3. The van der Waals surface area contributed by atoms with Crippen molar-refractivity contribution in [3.63, 3.8) is 0 Å². The van der Waals surface area contributed by atoms with E-state index in [1.807, 2.05) is 0 Å². The highest BCUT2D eigenvalue weighted by Crippen LogP contribution is 2.16. The molecule has 0 spiro atoms. The average molecular weight is 239 g/mol. The first kappa shape index (κ1) is 10.7. The maximum Gasteiger partial charge on any atom is 0.192 e. The minimum Gasteiger partial charge on any atom is -0.222 e. The van der Waals surface area contributed by atoms with Gasteiger partial charge < -0.3 is 0 Å². The van der Waals surface area contributed by atoms with E-state index in [9.17, 15) is 8.42 Å². The first-order valence-corrected chi connectivity index (χ1v) is 6.71. The van der Waals surface area contributed by atoms with Crippen molar-refractivity contribution in [3.8, 4) is 0 Å². The third-order valence-corrected chi connectivity index (χ3v) is 2.92. The Labute approximate surface area is 85.7 Å². The van der Waals surface area contributed by atoms with Gasteiger partial charge in [-0.15, -0.1) is 0 Å². The highest BCUT2D eigenvalue weighted by atomic mass is 35.5. The fourth-order valence-electron chi connectivity index (χ4n) is 0.658. The predicted octanol–water partition coefficient (Wildman–Crippen LogP) is 1.26. The second kappa shape index (κ2) is 3.81. The van der Waals surface area contributed by atoms with Crippen LogP contribution in [0.25, 0.3) is 0 Å². The van der Waals surface area contributed by atoms with Gasteiger partial charge in [0.25, 0.3) is 0 Å². The topological polar surface area (TPSA) is 59.9 Å². The summed E-state index contributed by atoms with van der Waals surface area (Å²) in [6.45, 7) is 0. The molecule has 0 saturated carbocycles. The van der Waals surface area contributed by atoms with Gasteiger partial charge in [-0.25, -0.2) is 18.4 Å². The number of nitrogens with zero attached hydrogens (tertiary/aromatic N) is 2. The number of aromatic nitrogens is 2. The maximum atomic E-state index is 11.1. The summed E-state index contributed by atoms with van der Waals surface area (Å²) >= 11 is 6.85. The third-order valence-electron chi connectivity index (χ3n) is 1.21. The molecular weight excluding hydrogens is 232 g/mol. The van der Waals surface area contributed by atoms with Crippen molar-refractivity contribution < 1.29 is 8.42 Å². The fourth-order valence-corrected chi connectivity index (χ4v) is 1.97. The van der Waals surface area contributed by atoms with Crippen molar-refractivity contribution in [3.05, 3.63) is 11.2 Å². The number of rotatable bonds is 2. The summed E-state index contributed by atoms with van der Waals surface area (Å²) in [6.07, 6.45) is 2.83. The second-order valence-corrected chi connectivity index (χ2v) is 5.41. The molecule has 1 rings (SSSR count). The van der Waals surface area contributed by atoms with Gasteiger partial charge in [-0.05, 0) is 6.26 Å². The number of hydrogen-bond donors (Lipinski definition) is 0. The summed E-state index contributed by atoms with van der Waals surface area (Å²) in [7, 11) is -3.31. The van der Waals surface area contributed by atoms with Gasteiger partial charge in [-0.1, -0.05) is 23.4 Å². The fraction of sp³-hybridized carbons (Fsp3) is 0.333. The van der Waals surface area contributed by atoms with Crippen LogP contribution in [0.5, 0.6) is 0 Å². The molecule has 0 saturated heterocycles. The molecule has 72 valence electrons. The Morgan fingerprint density at radius 3 is 2.54 bits per heavy atom. The van der Waals surface area contributed by atoms with Gasteiger partial charge in [0.1, 0.15) is 5.15 Å². The normalized spacial score (nSPS) is 11.6. The molecule has 1 aromatic rings. The molecule has 0 fully saturated rings. The summed E-state index contributed by atoms with van der Waals surface area (Å²) < 4.78 is 22.2. The van der Waals surface area contributed by atoms with Crippen molar-refractivity contribution in [1.29, 1.82) is 0 Å². The summed E-state index contributed by atoms with van der Waals surface area (Å²) in [4.78, 5) is 7.62. The van der Waals surface area contributed by atoms with E-state index in [-0.39, 0.29) is 10.2 Å². The molecule has 0 N–H and O–H groups in total. The van der Waals surface area contributed by atoms with Crippen LogP contribution in [-0.4, -0.2) is 30.9 Å². The quantitative estimate of drug-likeness (QED) is 0.441. The first-order valence-electron chi connectivity index (χ1n) is 3.22. The molecule has 7 heteroatoms. The van der Waals surface area contributed by atoms with E-state index < -0.39 is 9.84 Å². The molecule has 0 unspecified atom stereocenters. The van der Waals surface area contributed by atoms with Gasteiger partial charge in [0.2, 0.25) is 0 Å². The third kappa shape index (κ3) is 2.82. The molecule has 0 aromatic carbocycles. The summed E-state index contributed by atoms with van der Waals surface area (Å²) in [5.41, 5.74) is 0. The SMILES string of the molecule is CSc1nc(Cl)cc(S(C)(=O)=O)n1. The van der Waals surface area contributed by atoms with Crippen LogP contribution >= 0.6 is 23.4 Å². The number of sulfone groups is 1. The van der Waals surface area contributed by atoms with Crippen LogP contribution in [0.4, 0.5) is 0 Å². The van der Waals surface area contributed by atoms with Crippen LogP contribution in [0, 0.1) is 0 Å². The van der Waals surface area contributed by atoms with Gasteiger partial charge in [0, 0.05) is 12.3 Å². The molecule has 1 aromatic heterocycles. The Hall–Kier alpha value is -0.330. The molecular formula is C6H7ClN2O2S2. The maximum absolute atomic E-state index is 11.1. The highest BCUT2D eigenvalue weighted by Gasteiger charge is 2.11. The number of hydrogen-bond acceptors (Lipinski definition) is 5. The summed E-state index contributed by atoms with van der Waals surface area (Å²) in [5, 5.41) is 0.449. The second-order valence-electron chi connectivity index (χ2n) is 2.29. The zero-order valence-electron chi connectivity index (χ0n) is 6.98. The molecule has 0 aliphatic heterocycles. The van der Waals surface area contributed by atoms with Crippen LogP contribution in [0.1, 0.15) is 0 Å². The van der Waals surface area contributed by atoms with Crippen molar-refractivity contribution in [2.45, 2.75) is 10.2 Å². The zero-order chi connectivity index (χ0) is 10.1. The lowest BCUT2D eigenvalue weighted by Crippen LogP contribution is -2.02. The van der Waals surface area contributed by atoms with Crippen molar-refractivity contribution in [1.82, 2.24) is 9.97 Å². The van der Waals surface area contributed by atoms with Gasteiger partial charge >= 0.3 is 0 Å². The Bertz CT molecular complexity index is 419. The van der Waals surface area contributed by atoms with Crippen LogP contribution < -0.4 is 0 Å². The zero-order valence-corrected chi connectivity index (χ0v) is 9.37. The minimum atomic E-state index is -3.31. The first-order chi connectivity index (χ1) is 5.93. The van der Waals surface area contributed by atoms with E-state index in [1.54, 1.807) is 6.26 Å². The largest absolute Gasteiger partial charge is 0.222 e. The van der Waals surface area contributed by atoms with Crippen LogP contribution in [0.3, 0.4) is 0 Å². The monoisotopic (exact) mass is 238 g/mol. The molecule has 0 bridgehead atoms. The molecule has 0 radical (unpaired) electrons. The van der Waals surface area contributed by atoms with Gasteiger partial charge in [0.15, 0.2) is 20.0 Å². The van der Waals surface area contributed by atoms with E-state index in [0.717, 1.165) is 6.26 Å². The van der Waals surface area contributed by atoms with Gasteiger partial charge in [-0.3, -0.25) is 0 Å². The summed E-state index contributed by atoms with van der Waals surface area (Å²) in [6, 6.07) is 1.23. The van der Waals surface area contributed by atoms with E-state index >= 15 is 0 Å². The van der Waals surface area contributed by atoms with Crippen LogP contribution in [0.15, 0.2) is 16.2 Å². The van der Waals surface area contributed by atoms with Crippen LogP contribution in [-0.2, 0) is 9.84 Å². The molecule has 0 atom stereocenters. The Balaban J connectivity index is 3.33. The lowest BCUT2D eigenvalue weighted by atomic mass is 10.7. The molecule has 0 aliphatic carbocycles. The smallest absolute Gasteiger partial charge is 0.192 e. The molecule has 4 nitrogen and oxygen atoms in total. The Morgan fingerprint density at radius 1 is 1.46 bits per heavy atom. The van der Waals surface area contributed by atoms with Crippen molar-refractivity contribution in [2.24, 2.45) is 0 Å². The van der Waals surface area contributed by atoms with Gasteiger partial charge in [0.05, 0.1) is 0 Å². The van der Waals surface area contributed by atoms with E-state index in [1.165, 1.54) is 17.8 Å². The van der Waals surface area contributed by atoms with E-state index in [4.69, 9.17) is 11.6 Å². The molecule has 13 heavy (non-hydrogen) atoms. The van der Waals surface area contributed by atoms with E-state index in [0.29, 0.717) is 5.16 Å². The average Bonchev–Trinajstić information content (AvgIpc) is 2.01. The molecule has 1 heterocycles. The lowest BCUT2D eigenvalue weighted by Gasteiger charge is -2.00. The van der Waals surface area contributed by atoms with Crippen molar-refractivity contribution >= 4 is 33.2 Å². The highest BCUT2D eigenvalue weighted by molar-refractivity contribution is 7.98. The number of thioether (sulfide) groups is 1. The molecule has 0 aliphatic rings. The predicted molar refractivity (Wildman–Crippen MR) is 51.9 cm³/mol.